The van der Waals surface area contributed by atoms with E-state index in [1.54, 1.807) is 11.8 Å². The Morgan fingerprint density at radius 3 is 2.76 bits per heavy atom. The minimum absolute atomic E-state index is 0.0153. The van der Waals surface area contributed by atoms with Crippen LogP contribution in [0.3, 0.4) is 0 Å². The normalized spacial score (nSPS) is 22.1. The van der Waals surface area contributed by atoms with E-state index in [1.807, 2.05) is 41.3 Å². The van der Waals surface area contributed by atoms with Crippen molar-refractivity contribution in [2.45, 2.75) is 58.1 Å². The molecule has 2 aliphatic heterocycles. The molecular formula is C23H28N2O4. The SMILES string of the molecule is CCc1ccc([C@@H]2CCCCCN2C(=O)CN2C(=O)[C@@H](C)Oc3ccccc32)o1. The first-order chi connectivity index (χ1) is 14.1. The van der Waals surface area contributed by atoms with E-state index in [2.05, 4.69) is 6.92 Å². The average Bonchev–Trinajstić information content (AvgIpc) is 3.07. The predicted octanol–water partition coefficient (Wildman–Crippen LogP) is 4.10. The van der Waals surface area contributed by atoms with E-state index in [4.69, 9.17) is 9.15 Å². The third-order valence-electron chi connectivity index (χ3n) is 5.80. The summed E-state index contributed by atoms with van der Waals surface area (Å²) in [6, 6.07) is 11.3. The summed E-state index contributed by atoms with van der Waals surface area (Å²) in [5.41, 5.74) is 0.654. The molecule has 0 unspecified atom stereocenters. The molecule has 6 heteroatoms. The average molecular weight is 396 g/mol. The molecule has 1 aromatic heterocycles. The van der Waals surface area contributed by atoms with Crippen molar-refractivity contribution in [2.24, 2.45) is 0 Å². The van der Waals surface area contributed by atoms with Gasteiger partial charge in [0.1, 0.15) is 23.8 Å². The van der Waals surface area contributed by atoms with Crippen molar-refractivity contribution in [1.29, 1.82) is 0 Å². The second kappa shape index (κ2) is 8.31. The number of carbonyl (C=O) groups excluding carboxylic acids is 2. The number of anilines is 1. The lowest BCUT2D eigenvalue weighted by Gasteiger charge is -2.35. The van der Waals surface area contributed by atoms with E-state index < -0.39 is 6.10 Å². The van der Waals surface area contributed by atoms with Crippen LogP contribution in [0.1, 0.15) is 57.1 Å². The summed E-state index contributed by atoms with van der Waals surface area (Å²) in [6.45, 7) is 4.48. The van der Waals surface area contributed by atoms with Crippen molar-refractivity contribution in [3.8, 4) is 5.75 Å². The smallest absolute Gasteiger partial charge is 0.268 e. The van der Waals surface area contributed by atoms with Crippen molar-refractivity contribution in [3.63, 3.8) is 0 Å². The molecule has 1 saturated heterocycles. The maximum absolute atomic E-state index is 13.4. The van der Waals surface area contributed by atoms with Crippen LogP contribution in [0.2, 0.25) is 0 Å². The fraction of sp³-hybridized carbons (Fsp3) is 0.478. The van der Waals surface area contributed by atoms with Crippen LogP contribution in [0.5, 0.6) is 5.75 Å². The van der Waals surface area contributed by atoms with Gasteiger partial charge in [-0.25, -0.2) is 0 Å². The molecule has 2 aromatic rings. The maximum Gasteiger partial charge on any atom is 0.268 e. The van der Waals surface area contributed by atoms with E-state index in [1.165, 1.54) is 0 Å². The summed E-state index contributed by atoms with van der Waals surface area (Å²) in [5.74, 6) is 2.18. The zero-order valence-electron chi connectivity index (χ0n) is 17.1. The highest BCUT2D eigenvalue weighted by molar-refractivity contribution is 6.03. The molecule has 2 amide bonds. The molecule has 0 aliphatic carbocycles. The van der Waals surface area contributed by atoms with Crippen molar-refractivity contribution in [2.75, 3.05) is 18.0 Å². The first kappa shape index (κ1) is 19.6. The molecule has 0 radical (unpaired) electrons. The van der Waals surface area contributed by atoms with Crippen LogP contribution in [-0.2, 0) is 16.0 Å². The van der Waals surface area contributed by atoms with Crippen molar-refractivity contribution >= 4 is 17.5 Å². The first-order valence-corrected chi connectivity index (χ1v) is 10.5. The number of hydrogen-bond donors (Lipinski definition) is 0. The number of aryl methyl sites for hydroxylation is 1. The highest BCUT2D eigenvalue weighted by Gasteiger charge is 2.35. The van der Waals surface area contributed by atoms with Gasteiger partial charge in [0, 0.05) is 13.0 Å². The number of benzene rings is 1. The van der Waals surface area contributed by atoms with Gasteiger partial charge in [-0.15, -0.1) is 0 Å². The molecule has 0 N–H and O–H groups in total. The second-order valence-corrected chi connectivity index (χ2v) is 7.76. The van der Waals surface area contributed by atoms with Crippen LogP contribution in [0.4, 0.5) is 5.69 Å². The van der Waals surface area contributed by atoms with Gasteiger partial charge in [0.05, 0.1) is 11.7 Å². The minimum atomic E-state index is -0.602. The molecule has 0 bridgehead atoms. The zero-order valence-corrected chi connectivity index (χ0v) is 17.1. The Morgan fingerprint density at radius 1 is 1.14 bits per heavy atom. The molecule has 1 fully saturated rings. The van der Waals surface area contributed by atoms with Crippen LogP contribution in [0.25, 0.3) is 0 Å². The third-order valence-corrected chi connectivity index (χ3v) is 5.80. The Kier molecular flexibility index (Phi) is 5.60. The summed E-state index contributed by atoms with van der Waals surface area (Å²) in [5, 5.41) is 0. The number of fused-ring (bicyclic) bond motifs is 1. The molecule has 29 heavy (non-hydrogen) atoms. The molecule has 2 aliphatic rings. The van der Waals surface area contributed by atoms with Gasteiger partial charge in [-0.05, 0) is 44.0 Å². The Morgan fingerprint density at radius 2 is 1.97 bits per heavy atom. The molecule has 2 atom stereocenters. The van der Waals surface area contributed by atoms with Crippen molar-refractivity contribution in [3.05, 3.63) is 47.9 Å². The quantitative estimate of drug-likeness (QED) is 0.781. The highest BCUT2D eigenvalue weighted by atomic mass is 16.5. The fourth-order valence-corrected chi connectivity index (χ4v) is 4.21. The third kappa shape index (κ3) is 3.88. The molecule has 1 aromatic carbocycles. The standard InChI is InChI=1S/C23H28N2O4/c1-3-17-12-13-21(29-17)18-9-5-4-8-14-24(18)22(26)15-25-19-10-6-7-11-20(19)28-16(2)23(25)27/h6-7,10-13,16,18H,3-5,8-9,14-15H2,1-2H3/t16-,18+/m1/s1. The summed E-state index contributed by atoms with van der Waals surface area (Å²) in [6.07, 6.45) is 4.23. The van der Waals surface area contributed by atoms with Crippen LogP contribution >= 0.6 is 0 Å². The number of hydrogen-bond acceptors (Lipinski definition) is 4. The van der Waals surface area contributed by atoms with E-state index in [0.29, 0.717) is 18.0 Å². The number of likely N-dealkylation sites (tertiary alicyclic amines) is 1. The summed E-state index contributed by atoms with van der Waals surface area (Å²) < 4.78 is 11.7. The van der Waals surface area contributed by atoms with Gasteiger partial charge < -0.3 is 14.1 Å². The van der Waals surface area contributed by atoms with Crippen LogP contribution in [0.15, 0.2) is 40.8 Å². The van der Waals surface area contributed by atoms with E-state index >= 15 is 0 Å². The Labute approximate surface area is 171 Å². The minimum Gasteiger partial charge on any atom is -0.479 e. The van der Waals surface area contributed by atoms with Gasteiger partial charge in [-0.1, -0.05) is 31.9 Å². The Hall–Kier alpha value is -2.76. The monoisotopic (exact) mass is 396 g/mol. The summed E-state index contributed by atoms with van der Waals surface area (Å²) in [4.78, 5) is 29.6. The van der Waals surface area contributed by atoms with Crippen molar-refractivity contribution < 1.29 is 18.7 Å². The first-order valence-electron chi connectivity index (χ1n) is 10.5. The number of rotatable bonds is 4. The number of ether oxygens (including phenoxy) is 1. The van der Waals surface area contributed by atoms with Crippen LogP contribution in [0, 0.1) is 0 Å². The highest BCUT2D eigenvalue weighted by Crippen LogP contribution is 2.35. The second-order valence-electron chi connectivity index (χ2n) is 7.76. The number of nitrogens with zero attached hydrogens (tertiary/aromatic N) is 2. The molecule has 3 heterocycles. The van der Waals surface area contributed by atoms with E-state index in [-0.39, 0.29) is 24.4 Å². The van der Waals surface area contributed by atoms with Gasteiger partial charge in [-0.2, -0.15) is 0 Å². The van der Waals surface area contributed by atoms with Gasteiger partial charge in [0.15, 0.2) is 6.10 Å². The molecule has 4 rings (SSSR count). The van der Waals surface area contributed by atoms with Gasteiger partial charge in [-0.3, -0.25) is 14.5 Å². The van der Waals surface area contributed by atoms with E-state index in [0.717, 1.165) is 43.6 Å². The van der Waals surface area contributed by atoms with Gasteiger partial charge in [0.25, 0.3) is 5.91 Å². The molecule has 6 nitrogen and oxygen atoms in total. The van der Waals surface area contributed by atoms with Crippen LogP contribution < -0.4 is 9.64 Å². The number of furan rings is 1. The molecule has 0 spiro atoms. The largest absolute Gasteiger partial charge is 0.479 e. The van der Waals surface area contributed by atoms with Gasteiger partial charge >= 0.3 is 0 Å². The zero-order chi connectivity index (χ0) is 20.4. The lowest BCUT2D eigenvalue weighted by Crippen LogP contribution is -2.50. The van der Waals surface area contributed by atoms with E-state index in [9.17, 15) is 9.59 Å². The number of carbonyl (C=O) groups is 2. The summed E-state index contributed by atoms with van der Waals surface area (Å²) >= 11 is 0. The number of para-hydroxylation sites is 2. The molecular weight excluding hydrogens is 368 g/mol. The Balaban J connectivity index is 1.59. The summed E-state index contributed by atoms with van der Waals surface area (Å²) in [7, 11) is 0. The number of amides is 2. The maximum atomic E-state index is 13.4. The van der Waals surface area contributed by atoms with Crippen molar-refractivity contribution in [1.82, 2.24) is 4.90 Å². The topological polar surface area (TPSA) is 63.0 Å². The lowest BCUT2D eigenvalue weighted by atomic mass is 10.1. The molecule has 0 saturated carbocycles. The van der Waals surface area contributed by atoms with Gasteiger partial charge in [0.2, 0.25) is 5.91 Å². The fourth-order valence-electron chi connectivity index (χ4n) is 4.21. The van der Waals surface area contributed by atoms with Crippen LogP contribution in [-0.4, -0.2) is 35.9 Å². The Bertz CT molecular complexity index is 891. The lowest BCUT2D eigenvalue weighted by molar-refractivity contribution is -0.135. The molecule has 154 valence electrons. The predicted molar refractivity (Wildman–Crippen MR) is 110 cm³/mol.